The molecule has 2 aromatic carbocycles. The molecule has 0 aliphatic rings. The zero-order chi connectivity index (χ0) is 20.2. The van der Waals surface area contributed by atoms with Crippen LogP contribution < -0.4 is 25.1 Å². The van der Waals surface area contributed by atoms with Crippen molar-refractivity contribution < 1.29 is 28.5 Å². The van der Waals surface area contributed by atoms with Gasteiger partial charge in [0, 0.05) is 5.56 Å². The van der Waals surface area contributed by atoms with Crippen molar-refractivity contribution in [3.8, 4) is 17.2 Å². The van der Waals surface area contributed by atoms with E-state index in [1.165, 1.54) is 13.2 Å². The second kappa shape index (κ2) is 11.5. The highest BCUT2D eigenvalue weighted by Gasteiger charge is 2.12. The molecule has 150 valence electrons. The van der Waals surface area contributed by atoms with Crippen molar-refractivity contribution in [3.63, 3.8) is 0 Å². The number of benzene rings is 2. The van der Waals surface area contributed by atoms with Crippen LogP contribution >= 0.6 is 0 Å². The lowest BCUT2D eigenvalue weighted by Crippen LogP contribution is -2.43. The monoisotopic (exact) mass is 388 g/mol. The summed E-state index contributed by atoms with van der Waals surface area (Å²) >= 11 is 0. The fourth-order valence-corrected chi connectivity index (χ4v) is 2.22. The van der Waals surface area contributed by atoms with Gasteiger partial charge in [0.15, 0.2) is 11.5 Å². The lowest BCUT2D eigenvalue weighted by Gasteiger charge is -2.12. The first-order valence-corrected chi connectivity index (χ1v) is 8.79. The van der Waals surface area contributed by atoms with Crippen LogP contribution in [0.3, 0.4) is 0 Å². The van der Waals surface area contributed by atoms with E-state index in [0.29, 0.717) is 30.3 Å². The molecular formula is C20H24N2O6. The first-order valence-electron chi connectivity index (χ1n) is 8.79. The predicted octanol–water partition coefficient (Wildman–Crippen LogP) is 1.95. The van der Waals surface area contributed by atoms with Crippen LogP contribution in [0.1, 0.15) is 17.3 Å². The summed E-state index contributed by atoms with van der Waals surface area (Å²) in [5, 5.41) is 0. The van der Waals surface area contributed by atoms with Gasteiger partial charge in [0.25, 0.3) is 11.8 Å². The molecule has 0 saturated carbocycles. The minimum atomic E-state index is -0.484. The summed E-state index contributed by atoms with van der Waals surface area (Å²) in [6, 6.07) is 14.0. The average Bonchev–Trinajstić information content (AvgIpc) is 2.73. The smallest absolute Gasteiger partial charge is 0.269 e. The lowest BCUT2D eigenvalue weighted by atomic mass is 10.2. The zero-order valence-electron chi connectivity index (χ0n) is 15.9. The number of para-hydroxylation sites is 1. The van der Waals surface area contributed by atoms with Gasteiger partial charge in [-0.15, -0.1) is 0 Å². The number of hydrogen-bond acceptors (Lipinski definition) is 6. The largest absolute Gasteiger partial charge is 0.493 e. The highest BCUT2D eigenvalue weighted by atomic mass is 16.5. The van der Waals surface area contributed by atoms with E-state index in [-0.39, 0.29) is 13.2 Å². The molecule has 2 N–H and O–H groups in total. The Morgan fingerprint density at radius 1 is 0.929 bits per heavy atom. The summed E-state index contributed by atoms with van der Waals surface area (Å²) < 4.78 is 21.3. The second-order valence-corrected chi connectivity index (χ2v) is 5.52. The molecule has 0 aliphatic carbocycles. The molecule has 0 heterocycles. The normalized spacial score (nSPS) is 10.1. The quantitative estimate of drug-likeness (QED) is 0.477. The van der Waals surface area contributed by atoms with Crippen LogP contribution in [0.5, 0.6) is 17.2 Å². The molecule has 2 aromatic rings. The van der Waals surface area contributed by atoms with Crippen molar-refractivity contribution in [2.45, 2.75) is 6.92 Å². The Kier molecular flexibility index (Phi) is 8.61. The maximum Gasteiger partial charge on any atom is 0.269 e. The fourth-order valence-electron chi connectivity index (χ4n) is 2.22. The fraction of sp³-hybridized carbons (Fsp3) is 0.300. The molecule has 0 radical (unpaired) electrons. The van der Waals surface area contributed by atoms with Crippen LogP contribution in [-0.2, 0) is 9.53 Å². The molecule has 0 fully saturated rings. The number of amides is 2. The van der Waals surface area contributed by atoms with Gasteiger partial charge in [0.05, 0.1) is 20.3 Å². The highest BCUT2D eigenvalue weighted by molar-refractivity contribution is 5.96. The number of nitrogens with one attached hydrogen (secondary N) is 2. The third-order valence-electron chi connectivity index (χ3n) is 3.51. The molecule has 0 spiro atoms. The molecule has 8 nitrogen and oxygen atoms in total. The van der Waals surface area contributed by atoms with Crippen molar-refractivity contribution in [1.82, 2.24) is 10.9 Å². The van der Waals surface area contributed by atoms with Crippen molar-refractivity contribution in [1.29, 1.82) is 0 Å². The number of hydrogen-bond donors (Lipinski definition) is 2. The lowest BCUT2D eigenvalue weighted by molar-refractivity contribution is -0.126. The molecule has 0 bridgehead atoms. The summed E-state index contributed by atoms with van der Waals surface area (Å²) in [6.07, 6.45) is 0. The van der Waals surface area contributed by atoms with Crippen molar-refractivity contribution in [2.75, 3.05) is 33.5 Å². The van der Waals surface area contributed by atoms with Gasteiger partial charge in [0.1, 0.15) is 19.0 Å². The van der Waals surface area contributed by atoms with Crippen molar-refractivity contribution in [3.05, 3.63) is 54.1 Å². The zero-order valence-corrected chi connectivity index (χ0v) is 15.9. The molecular weight excluding hydrogens is 364 g/mol. The van der Waals surface area contributed by atoms with E-state index in [1.54, 1.807) is 12.1 Å². The van der Waals surface area contributed by atoms with Gasteiger partial charge in [-0.2, -0.15) is 0 Å². The standard InChI is InChI=1S/C20H24N2O6/c1-3-27-17-10-9-15(13-18(17)25-2)20(24)22-21-19(23)14-26-11-12-28-16-7-5-4-6-8-16/h4-10,13H,3,11-12,14H2,1-2H3,(H,21,23)(H,22,24). The van der Waals surface area contributed by atoms with Gasteiger partial charge in [-0.05, 0) is 37.3 Å². The molecule has 0 saturated heterocycles. The van der Waals surface area contributed by atoms with Gasteiger partial charge >= 0.3 is 0 Å². The Labute approximate surface area is 163 Å². The van der Waals surface area contributed by atoms with Crippen molar-refractivity contribution >= 4 is 11.8 Å². The van der Waals surface area contributed by atoms with Crippen LogP contribution in [0.25, 0.3) is 0 Å². The summed E-state index contributed by atoms with van der Waals surface area (Å²) in [6.45, 7) is 2.69. The predicted molar refractivity (Wildman–Crippen MR) is 103 cm³/mol. The Morgan fingerprint density at radius 2 is 1.71 bits per heavy atom. The first kappa shape index (κ1) is 21.0. The summed E-state index contributed by atoms with van der Waals surface area (Å²) in [4.78, 5) is 23.9. The molecule has 0 atom stereocenters. The van der Waals surface area contributed by atoms with E-state index < -0.39 is 11.8 Å². The maximum absolute atomic E-state index is 12.1. The molecule has 0 aromatic heterocycles. The Bertz CT molecular complexity index is 767. The average molecular weight is 388 g/mol. The summed E-state index contributed by atoms with van der Waals surface area (Å²) in [5.74, 6) is 0.737. The van der Waals surface area contributed by atoms with Crippen LogP contribution in [0, 0.1) is 0 Å². The third kappa shape index (κ3) is 6.81. The van der Waals surface area contributed by atoms with Gasteiger partial charge in [-0.25, -0.2) is 0 Å². The van der Waals surface area contributed by atoms with Crippen LogP contribution in [-0.4, -0.2) is 45.4 Å². The molecule has 8 heteroatoms. The van der Waals surface area contributed by atoms with Gasteiger partial charge in [-0.3, -0.25) is 20.4 Å². The number of carbonyl (C=O) groups is 2. The molecule has 28 heavy (non-hydrogen) atoms. The molecule has 2 amide bonds. The highest BCUT2D eigenvalue weighted by Crippen LogP contribution is 2.27. The first-order chi connectivity index (χ1) is 13.6. The van der Waals surface area contributed by atoms with E-state index >= 15 is 0 Å². The molecule has 2 rings (SSSR count). The summed E-state index contributed by atoms with van der Waals surface area (Å²) in [5.41, 5.74) is 4.93. The van der Waals surface area contributed by atoms with Crippen LogP contribution in [0.2, 0.25) is 0 Å². The van der Waals surface area contributed by atoms with E-state index in [1.807, 2.05) is 37.3 Å². The van der Waals surface area contributed by atoms with Crippen molar-refractivity contribution in [2.24, 2.45) is 0 Å². The minimum Gasteiger partial charge on any atom is -0.493 e. The number of rotatable bonds is 10. The number of ether oxygens (including phenoxy) is 4. The van der Waals surface area contributed by atoms with Gasteiger partial charge < -0.3 is 18.9 Å². The second-order valence-electron chi connectivity index (χ2n) is 5.52. The minimum absolute atomic E-state index is 0.203. The topological polar surface area (TPSA) is 95.1 Å². The Balaban J connectivity index is 1.68. The Hall–Kier alpha value is -3.26. The maximum atomic E-state index is 12.1. The van der Waals surface area contributed by atoms with Gasteiger partial charge in [0.2, 0.25) is 0 Å². The summed E-state index contributed by atoms with van der Waals surface area (Å²) in [7, 11) is 1.49. The van der Waals surface area contributed by atoms with E-state index in [4.69, 9.17) is 18.9 Å². The van der Waals surface area contributed by atoms with Gasteiger partial charge in [-0.1, -0.05) is 18.2 Å². The Morgan fingerprint density at radius 3 is 2.43 bits per heavy atom. The number of carbonyl (C=O) groups excluding carboxylic acids is 2. The van der Waals surface area contributed by atoms with E-state index in [9.17, 15) is 9.59 Å². The number of hydrazine groups is 1. The van der Waals surface area contributed by atoms with E-state index in [0.717, 1.165) is 5.75 Å². The third-order valence-corrected chi connectivity index (χ3v) is 3.51. The van der Waals surface area contributed by atoms with Crippen LogP contribution in [0.15, 0.2) is 48.5 Å². The number of methoxy groups -OCH3 is 1. The molecule has 0 aliphatic heterocycles. The molecule has 0 unspecified atom stereocenters. The van der Waals surface area contributed by atoms with Crippen LogP contribution in [0.4, 0.5) is 0 Å². The van der Waals surface area contributed by atoms with E-state index in [2.05, 4.69) is 10.9 Å². The SMILES string of the molecule is CCOc1ccc(C(=O)NNC(=O)COCCOc2ccccc2)cc1OC.